The number of hydrogen-bond donors (Lipinski definition) is 3. The summed E-state index contributed by atoms with van der Waals surface area (Å²) >= 11 is 1.60. The number of carbonyl (C=O) groups is 3. The predicted molar refractivity (Wildman–Crippen MR) is 132 cm³/mol. The number of benzene rings is 1. The lowest BCUT2D eigenvalue weighted by Crippen LogP contribution is -2.49. The molecule has 1 aliphatic heterocycles. The summed E-state index contributed by atoms with van der Waals surface area (Å²) in [6, 6.07) is 5.21. The Balaban J connectivity index is 0.00000385. The van der Waals surface area contributed by atoms with Gasteiger partial charge in [-0.15, -0.1) is 12.4 Å². The highest BCUT2D eigenvalue weighted by molar-refractivity contribution is 7.98. The molecule has 2 atom stereocenters. The summed E-state index contributed by atoms with van der Waals surface area (Å²) in [5, 5.41) is 6.16. The number of nitrogens with zero attached hydrogens (tertiary/aromatic N) is 1. The lowest BCUT2D eigenvalue weighted by atomic mass is 10.1. The lowest BCUT2D eigenvalue weighted by Gasteiger charge is -2.24. The van der Waals surface area contributed by atoms with Crippen molar-refractivity contribution in [3.8, 4) is 0 Å². The van der Waals surface area contributed by atoms with Crippen molar-refractivity contribution in [2.75, 3.05) is 30.4 Å². The number of hydrogen-bond acceptors (Lipinski definition) is 7. The third kappa shape index (κ3) is 6.72. The molecular formula is C22H29ClN4O5S. The van der Waals surface area contributed by atoms with Crippen LogP contribution in [-0.2, 0) is 14.4 Å². The molecule has 33 heavy (non-hydrogen) atoms. The normalized spacial score (nSPS) is 16.2. The smallest absolute Gasteiger partial charge is 0.336 e. The van der Waals surface area contributed by atoms with Gasteiger partial charge in [0, 0.05) is 29.8 Å². The third-order valence-corrected chi connectivity index (χ3v) is 6.12. The maximum Gasteiger partial charge on any atom is 0.336 e. The van der Waals surface area contributed by atoms with Crippen LogP contribution in [0.2, 0.25) is 0 Å². The van der Waals surface area contributed by atoms with E-state index in [0.29, 0.717) is 37.1 Å². The van der Waals surface area contributed by atoms with Gasteiger partial charge in [0.15, 0.2) is 0 Å². The van der Waals surface area contributed by atoms with Crippen LogP contribution in [0.25, 0.3) is 11.0 Å². The molecule has 180 valence electrons. The van der Waals surface area contributed by atoms with Gasteiger partial charge in [-0.1, -0.05) is 0 Å². The number of rotatable bonds is 8. The Kier molecular flexibility index (Phi) is 9.75. The second kappa shape index (κ2) is 12.1. The van der Waals surface area contributed by atoms with Crippen molar-refractivity contribution in [3.63, 3.8) is 0 Å². The van der Waals surface area contributed by atoms with E-state index in [-0.39, 0.29) is 36.7 Å². The van der Waals surface area contributed by atoms with E-state index in [4.69, 9.17) is 10.2 Å². The van der Waals surface area contributed by atoms with Crippen LogP contribution in [0.4, 0.5) is 5.69 Å². The number of likely N-dealkylation sites (tertiary alicyclic amines) is 1. The van der Waals surface area contributed by atoms with Crippen molar-refractivity contribution >= 4 is 58.5 Å². The van der Waals surface area contributed by atoms with Gasteiger partial charge >= 0.3 is 5.63 Å². The number of thioether (sulfide) groups is 1. The Labute approximate surface area is 202 Å². The van der Waals surface area contributed by atoms with Gasteiger partial charge in [-0.2, -0.15) is 11.8 Å². The minimum atomic E-state index is -0.662. The summed E-state index contributed by atoms with van der Waals surface area (Å²) in [5.74, 6) is -0.267. The van der Waals surface area contributed by atoms with E-state index in [1.807, 2.05) is 13.2 Å². The zero-order valence-electron chi connectivity index (χ0n) is 18.6. The Morgan fingerprint density at radius 1 is 1.30 bits per heavy atom. The summed E-state index contributed by atoms with van der Waals surface area (Å²) in [5.41, 5.74) is 7.01. The van der Waals surface area contributed by atoms with Crippen LogP contribution < -0.4 is 22.0 Å². The zero-order chi connectivity index (χ0) is 23.3. The predicted octanol–water partition coefficient (Wildman–Crippen LogP) is 1.65. The Bertz CT molecular complexity index is 1080. The second-order valence-corrected chi connectivity index (χ2v) is 8.79. The minimum absolute atomic E-state index is 0. The number of halogens is 1. The van der Waals surface area contributed by atoms with Crippen LogP contribution in [0.5, 0.6) is 0 Å². The second-order valence-electron chi connectivity index (χ2n) is 7.80. The van der Waals surface area contributed by atoms with Gasteiger partial charge in [-0.05, 0) is 55.9 Å². The maximum atomic E-state index is 12.9. The summed E-state index contributed by atoms with van der Waals surface area (Å²) in [7, 11) is 0. The van der Waals surface area contributed by atoms with Crippen LogP contribution in [0.1, 0.15) is 24.8 Å². The minimum Gasteiger partial charge on any atom is -0.423 e. The fraction of sp³-hybridized carbons (Fsp3) is 0.455. The standard InChI is InChI=1S/C22H28N4O5S.ClH/c1-13-10-20(28)31-18-11-14(5-6-15(13)18)25-22(30)17-4-3-8-26(17)19(27)12-24-21(29)16(23)7-9-32-2;/h5-6,10-11,16-17H,3-4,7-9,12,23H2,1-2H3,(H,24,29)(H,25,30);1H/t16-,17-;/m0./s1. The van der Waals surface area contributed by atoms with E-state index in [1.54, 1.807) is 30.0 Å². The molecule has 2 aromatic rings. The number of anilines is 1. The van der Waals surface area contributed by atoms with Crippen LogP contribution >= 0.6 is 24.2 Å². The fourth-order valence-electron chi connectivity index (χ4n) is 3.74. The molecule has 1 aromatic heterocycles. The molecule has 4 N–H and O–H groups in total. The molecule has 1 fully saturated rings. The Hall–Kier alpha value is -2.56. The number of amides is 3. The summed E-state index contributed by atoms with van der Waals surface area (Å²) in [6.07, 6.45) is 3.68. The zero-order valence-corrected chi connectivity index (χ0v) is 20.2. The van der Waals surface area contributed by atoms with E-state index in [0.717, 1.165) is 16.7 Å². The quantitative estimate of drug-likeness (QED) is 0.473. The average Bonchev–Trinajstić information content (AvgIpc) is 3.25. The number of carbonyl (C=O) groups excluding carboxylic acids is 3. The molecule has 1 aliphatic rings. The van der Waals surface area contributed by atoms with Gasteiger partial charge < -0.3 is 25.7 Å². The monoisotopic (exact) mass is 496 g/mol. The number of fused-ring (bicyclic) bond motifs is 1. The van der Waals surface area contributed by atoms with Crippen LogP contribution in [0.15, 0.2) is 33.5 Å². The van der Waals surface area contributed by atoms with Crippen molar-refractivity contribution in [2.45, 2.75) is 38.3 Å². The molecule has 1 saturated heterocycles. The summed E-state index contributed by atoms with van der Waals surface area (Å²) in [6.45, 7) is 2.06. The van der Waals surface area contributed by atoms with E-state index in [9.17, 15) is 19.2 Å². The molecule has 2 heterocycles. The van der Waals surface area contributed by atoms with Crippen molar-refractivity contribution in [1.29, 1.82) is 0 Å². The van der Waals surface area contributed by atoms with Crippen LogP contribution in [0, 0.1) is 6.92 Å². The largest absolute Gasteiger partial charge is 0.423 e. The van der Waals surface area contributed by atoms with E-state index in [2.05, 4.69) is 10.6 Å². The molecular weight excluding hydrogens is 468 g/mol. The van der Waals surface area contributed by atoms with Crippen molar-refractivity contribution in [3.05, 3.63) is 40.2 Å². The van der Waals surface area contributed by atoms with Crippen molar-refractivity contribution in [1.82, 2.24) is 10.2 Å². The third-order valence-electron chi connectivity index (χ3n) is 5.48. The molecule has 0 aliphatic carbocycles. The first-order chi connectivity index (χ1) is 15.3. The molecule has 3 rings (SSSR count). The van der Waals surface area contributed by atoms with Crippen LogP contribution in [-0.4, -0.2) is 59.8 Å². The summed E-state index contributed by atoms with van der Waals surface area (Å²) in [4.78, 5) is 50.7. The Morgan fingerprint density at radius 2 is 2.06 bits per heavy atom. The maximum absolute atomic E-state index is 12.9. The van der Waals surface area contributed by atoms with Gasteiger partial charge in [0.25, 0.3) is 0 Å². The molecule has 0 bridgehead atoms. The fourth-order valence-corrected chi connectivity index (χ4v) is 4.23. The van der Waals surface area contributed by atoms with Crippen molar-refractivity contribution < 1.29 is 18.8 Å². The topological polar surface area (TPSA) is 135 Å². The first kappa shape index (κ1) is 26.7. The molecule has 11 heteroatoms. The van der Waals surface area contributed by atoms with Gasteiger partial charge in [-0.25, -0.2) is 4.79 Å². The number of nitrogens with one attached hydrogen (secondary N) is 2. The highest BCUT2D eigenvalue weighted by Crippen LogP contribution is 2.23. The molecule has 0 unspecified atom stereocenters. The van der Waals surface area contributed by atoms with E-state index in [1.165, 1.54) is 11.0 Å². The van der Waals surface area contributed by atoms with Gasteiger partial charge in [0.05, 0.1) is 12.6 Å². The highest BCUT2D eigenvalue weighted by Gasteiger charge is 2.34. The lowest BCUT2D eigenvalue weighted by molar-refractivity contribution is -0.137. The SMILES string of the molecule is CSCC[C@H](N)C(=O)NCC(=O)N1CCC[C@H]1C(=O)Nc1ccc2c(C)cc(=O)oc2c1.Cl. The molecule has 1 aromatic carbocycles. The summed E-state index contributed by atoms with van der Waals surface area (Å²) < 4.78 is 5.22. The average molecular weight is 497 g/mol. The van der Waals surface area contributed by atoms with Gasteiger partial charge in [-0.3, -0.25) is 14.4 Å². The van der Waals surface area contributed by atoms with Crippen molar-refractivity contribution in [2.24, 2.45) is 5.73 Å². The van der Waals surface area contributed by atoms with Crippen LogP contribution in [0.3, 0.4) is 0 Å². The van der Waals surface area contributed by atoms with Gasteiger partial charge in [0.2, 0.25) is 17.7 Å². The molecule has 0 spiro atoms. The number of aryl methyl sites for hydroxylation is 1. The molecule has 9 nitrogen and oxygen atoms in total. The Morgan fingerprint density at radius 3 is 2.79 bits per heavy atom. The first-order valence-corrected chi connectivity index (χ1v) is 11.9. The molecule has 0 saturated carbocycles. The van der Waals surface area contributed by atoms with E-state index < -0.39 is 17.7 Å². The molecule has 3 amide bonds. The number of nitrogens with two attached hydrogens (primary N) is 1. The van der Waals surface area contributed by atoms with Gasteiger partial charge in [0.1, 0.15) is 11.6 Å². The highest BCUT2D eigenvalue weighted by atomic mass is 35.5. The molecule has 0 radical (unpaired) electrons. The van der Waals surface area contributed by atoms with E-state index >= 15 is 0 Å². The first-order valence-electron chi connectivity index (χ1n) is 10.5.